The minimum Gasteiger partial charge on any atom is -0.508 e. The number of ether oxygens (including phenoxy) is 2. The van der Waals surface area contributed by atoms with Crippen LogP contribution in [0.1, 0.15) is 57.4 Å². The van der Waals surface area contributed by atoms with Gasteiger partial charge in [-0.25, -0.2) is 9.59 Å². The van der Waals surface area contributed by atoms with Gasteiger partial charge in [0.05, 0.1) is 11.0 Å². The van der Waals surface area contributed by atoms with Crippen molar-refractivity contribution in [2.45, 2.75) is 51.9 Å². The first-order chi connectivity index (χ1) is 21.4. The van der Waals surface area contributed by atoms with Gasteiger partial charge in [-0.15, -0.1) is 0 Å². The lowest BCUT2D eigenvalue weighted by atomic mass is 9.44. The van der Waals surface area contributed by atoms with Gasteiger partial charge in [-0.2, -0.15) is 0 Å². The highest BCUT2D eigenvalue weighted by molar-refractivity contribution is 6.07. The number of cyclic esters (lactones) is 2. The van der Waals surface area contributed by atoms with Crippen molar-refractivity contribution in [2.75, 3.05) is 13.2 Å². The summed E-state index contributed by atoms with van der Waals surface area (Å²) in [5, 5.41) is 29.8. The number of allylic oxidation sites excluding steroid dienone is 5. The fourth-order valence-electron chi connectivity index (χ4n) is 8.59. The number of benzene rings is 2. The van der Waals surface area contributed by atoms with Gasteiger partial charge in [0, 0.05) is 30.3 Å². The van der Waals surface area contributed by atoms with Crippen molar-refractivity contribution in [3.8, 4) is 16.9 Å². The van der Waals surface area contributed by atoms with Crippen LogP contribution in [0.3, 0.4) is 0 Å². The summed E-state index contributed by atoms with van der Waals surface area (Å²) in [6.45, 7) is 2.03. The standard InChI is InChI=1S/C37H38O7/c1-21(20-39)10-15-29-27-14-13-26-25-16-17-37(33(26)32(27)35(41)43-29)30(9-5-6-18-38)44-36(42)34(37)31(25)28-19-23(40)11-12-24(28)22-7-3-2-4-8-22/h2-4,7-9,11-12,15,19,21,25-26,33,38-40H,5-6,10,13-14,16-18,20H2,1H3/t21-,25-,26-,33-,37-/m0/s1. The number of fused-ring (bicyclic) bond motifs is 1. The van der Waals surface area contributed by atoms with Gasteiger partial charge in [-0.3, -0.25) is 0 Å². The second-order valence-corrected chi connectivity index (χ2v) is 12.9. The van der Waals surface area contributed by atoms with Crippen molar-refractivity contribution in [2.24, 2.45) is 29.1 Å². The molecule has 2 heterocycles. The lowest BCUT2D eigenvalue weighted by Crippen LogP contribution is -2.52. The molecule has 0 aromatic heterocycles. The molecule has 7 heteroatoms. The Morgan fingerprint density at radius 2 is 1.80 bits per heavy atom. The van der Waals surface area contributed by atoms with Gasteiger partial charge in [0.25, 0.3) is 0 Å². The SMILES string of the molecule is C[C@H](CO)CC=C1OC(=O)C2=C1CC[C@H]1[C@@H]3CC[C@]4(C(=CCCCO)OC(=O)C4=C3c3cc(O)ccc3-c3ccccc3)[C@H]21. The fraction of sp³-hybridized carbons (Fsp3) is 0.405. The van der Waals surface area contributed by atoms with E-state index in [1.165, 1.54) is 0 Å². The van der Waals surface area contributed by atoms with E-state index in [4.69, 9.17) is 9.47 Å². The number of phenolic OH excluding ortho intramolecular Hbond substituents is 1. The van der Waals surface area contributed by atoms with Gasteiger partial charge >= 0.3 is 11.9 Å². The number of aliphatic hydroxyl groups is 2. The van der Waals surface area contributed by atoms with E-state index < -0.39 is 11.4 Å². The molecule has 2 aromatic carbocycles. The summed E-state index contributed by atoms with van der Waals surface area (Å²) in [4.78, 5) is 27.8. The van der Waals surface area contributed by atoms with Gasteiger partial charge < -0.3 is 24.8 Å². The maximum Gasteiger partial charge on any atom is 0.340 e. The number of carbonyl (C=O) groups excluding carboxylic acids is 2. The smallest absolute Gasteiger partial charge is 0.340 e. The summed E-state index contributed by atoms with van der Waals surface area (Å²) in [5.74, 6) is 0.386. The maximum atomic E-state index is 14.1. The first kappa shape index (κ1) is 28.8. The van der Waals surface area contributed by atoms with Gasteiger partial charge in [0.15, 0.2) is 0 Å². The van der Waals surface area contributed by atoms with E-state index in [1.807, 2.05) is 55.5 Å². The van der Waals surface area contributed by atoms with Crippen molar-refractivity contribution in [1.82, 2.24) is 0 Å². The largest absolute Gasteiger partial charge is 0.508 e. The Labute approximate surface area is 257 Å². The van der Waals surface area contributed by atoms with Gasteiger partial charge in [0.2, 0.25) is 0 Å². The average Bonchev–Trinajstić information content (AvgIpc) is 3.53. The molecule has 6 aliphatic rings. The molecule has 3 N–H and O–H groups in total. The van der Waals surface area contributed by atoms with Crippen LogP contribution in [-0.2, 0) is 19.1 Å². The molecule has 0 radical (unpaired) electrons. The van der Waals surface area contributed by atoms with E-state index in [0.29, 0.717) is 54.8 Å². The fourth-order valence-corrected chi connectivity index (χ4v) is 8.59. The van der Waals surface area contributed by atoms with E-state index in [0.717, 1.165) is 40.7 Å². The molecule has 2 aromatic rings. The highest BCUT2D eigenvalue weighted by atomic mass is 16.5. The Bertz CT molecular complexity index is 1640. The molecular weight excluding hydrogens is 556 g/mol. The maximum absolute atomic E-state index is 14.1. The molecule has 1 saturated carbocycles. The van der Waals surface area contributed by atoms with E-state index in [-0.39, 0.29) is 48.6 Å². The van der Waals surface area contributed by atoms with Gasteiger partial charge in [0.1, 0.15) is 17.3 Å². The summed E-state index contributed by atoms with van der Waals surface area (Å²) in [6.07, 6.45) is 8.56. The minimum absolute atomic E-state index is 0.00484. The third-order valence-corrected chi connectivity index (χ3v) is 10.4. The molecule has 1 saturated heterocycles. The van der Waals surface area contributed by atoms with Crippen molar-refractivity contribution in [3.63, 3.8) is 0 Å². The lowest BCUT2D eigenvalue weighted by Gasteiger charge is -2.56. The first-order valence-corrected chi connectivity index (χ1v) is 15.8. The quantitative estimate of drug-likeness (QED) is 0.246. The molecule has 5 atom stereocenters. The van der Waals surface area contributed by atoms with Crippen LogP contribution in [0.25, 0.3) is 16.7 Å². The van der Waals surface area contributed by atoms with Crippen LogP contribution in [0.5, 0.6) is 5.75 Å². The van der Waals surface area contributed by atoms with E-state index >= 15 is 0 Å². The van der Waals surface area contributed by atoms with E-state index in [9.17, 15) is 24.9 Å². The van der Waals surface area contributed by atoms with Crippen LogP contribution < -0.4 is 0 Å². The predicted molar refractivity (Wildman–Crippen MR) is 164 cm³/mol. The van der Waals surface area contributed by atoms with Crippen molar-refractivity contribution >= 4 is 17.5 Å². The lowest BCUT2D eigenvalue weighted by molar-refractivity contribution is -0.135. The number of carbonyl (C=O) groups is 2. The average molecular weight is 595 g/mol. The normalized spacial score (nSPS) is 29.6. The number of esters is 2. The minimum atomic E-state index is -0.839. The monoisotopic (exact) mass is 594 g/mol. The Balaban J connectivity index is 1.46. The van der Waals surface area contributed by atoms with Gasteiger partial charge in [-0.05, 0) is 109 Å². The second-order valence-electron chi connectivity index (χ2n) is 12.9. The van der Waals surface area contributed by atoms with Crippen molar-refractivity contribution in [1.29, 1.82) is 0 Å². The number of phenols is 1. The van der Waals surface area contributed by atoms with Crippen LogP contribution in [0.2, 0.25) is 0 Å². The molecule has 8 rings (SSSR count). The van der Waals surface area contributed by atoms with E-state index in [1.54, 1.807) is 12.1 Å². The number of aromatic hydroxyl groups is 1. The van der Waals surface area contributed by atoms with Crippen LogP contribution >= 0.6 is 0 Å². The number of unbranched alkanes of at least 4 members (excludes halogenated alkanes) is 1. The molecule has 2 bridgehead atoms. The Hall–Kier alpha value is -3.94. The zero-order valence-electron chi connectivity index (χ0n) is 24.9. The molecule has 0 amide bonds. The number of aliphatic hydroxyl groups excluding tert-OH is 2. The third kappa shape index (κ3) is 4.32. The zero-order chi connectivity index (χ0) is 30.6. The molecule has 1 spiro atoms. The Kier molecular flexibility index (Phi) is 7.34. The zero-order valence-corrected chi connectivity index (χ0v) is 24.9. The first-order valence-electron chi connectivity index (χ1n) is 15.8. The Morgan fingerprint density at radius 1 is 0.977 bits per heavy atom. The molecule has 2 fully saturated rings. The summed E-state index contributed by atoms with van der Waals surface area (Å²) < 4.78 is 12.1. The molecule has 2 aliphatic heterocycles. The summed E-state index contributed by atoms with van der Waals surface area (Å²) >= 11 is 0. The topological polar surface area (TPSA) is 113 Å². The number of hydrogen-bond donors (Lipinski definition) is 3. The molecule has 0 unspecified atom stereocenters. The summed E-state index contributed by atoms with van der Waals surface area (Å²) in [5.41, 5.74) is 5.03. The second kappa shape index (κ2) is 11.2. The highest BCUT2D eigenvalue weighted by Gasteiger charge is 2.68. The summed E-state index contributed by atoms with van der Waals surface area (Å²) in [7, 11) is 0. The van der Waals surface area contributed by atoms with Gasteiger partial charge in [-0.1, -0.05) is 43.3 Å². The van der Waals surface area contributed by atoms with Crippen LogP contribution in [-0.4, -0.2) is 40.5 Å². The highest BCUT2D eigenvalue weighted by Crippen LogP contribution is 2.72. The van der Waals surface area contributed by atoms with Crippen LogP contribution in [0.4, 0.5) is 0 Å². The van der Waals surface area contributed by atoms with E-state index in [2.05, 4.69) is 0 Å². The number of hydrogen-bond acceptors (Lipinski definition) is 7. The van der Waals surface area contributed by atoms with Crippen molar-refractivity contribution < 1.29 is 34.4 Å². The Morgan fingerprint density at radius 3 is 2.57 bits per heavy atom. The predicted octanol–water partition coefficient (Wildman–Crippen LogP) is 6.22. The molecular formula is C37H38O7. The summed E-state index contributed by atoms with van der Waals surface area (Å²) in [6, 6.07) is 15.4. The van der Waals surface area contributed by atoms with Crippen LogP contribution in [0, 0.1) is 29.1 Å². The van der Waals surface area contributed by atoms with Crippen molar-refractivity contribution in [3.05, 3.63) is 94.5 Å². The van der Waals surface area contributed by atoms with Crippen LogP contribution in [0.15, 0.2) is 88.9 Å². The molecule has 4 aliphatic carbocycles. The molecule has 228 valence electrons. The molecule has 7 nitrogen and oxygen atoms in total. The third-order valence-electron chi connectivity index (χ3n) is 10.4. The molecule has 44 heavy (non-hydrogen) atoms. The number of rotatable bonds is 8.